The first-order valence-electron chi connectivity index (χ1n) is 13.3. The molecule has 4 aliphatic carbocycles. The Bertz CT molecular complexity index is 1140. The lowest BCUT2D eigenvalue weighted by atomic mass is 9.49. The quantitative estimate of drug-likeness (QED) is 0.742. The van der Waals surface area contributed by atoms with Crippen LogP contribution < -0.4 is 0 Å². The number of aromatic amines is 1. The van der Waals surface area contributed by atoms with Gasteiger partial charge >= 0.3 is 0 Å². The van der Waals surface area contributed by atoms with Crippen LogP contribution in [0.4, 0.5) is 0 Å². The van der Waals surface area contributed by atoms with Crippen LogP contribution >= 0.6 is 0 Å². The van der Waals surface area contributed by atoms with Crippen LogP contribution in [0.2, 0.25) is 0 Å². The zero-order valence-corrected chi connectivity index (χ0v) is 19.8. The fourth-order valence-corrected chi connectivity index (χ4v) is 8.49. The van der Waals surface area contributed by atoms with Crippen LogP contribution in [-0.4, -0.2) is 57.3 Å². The van der Waals surface area contributed by atoms with E-state index < -0.39 is 0 Å². The second kappa shape index (κ2) is 7.69. The zero-order chi connectivity index (χ0) is 22.9. The molecule has 1 N–H and O–H groups in total. The summed E-state index contributed by atoms with van der Waals surface area (Å²) < 4.78 is 0. The number of likely N-dealkylation sites (tertiary alicyclic amines) is 1. The highest BCUT2D eigenvalue weighted by Gasteiger charge is 2.57. The molecular weight excluding hydrogens is 424 g/mol. The third kappa shape index (κ3) is 3.17. The molecule has 2 amide bonds. The van der Waals surface area contributed by atoms with Crippen molar-refractivity contribution in [2.75, 3.05) is 19.6 Å². The Morgan fingerprint density at radius 1 is 1.06 bits per heavy atom. The lowest BCUT2D eigenvalue weighted by Crippen LogP contribution is -2.57. The first-order valence-corrected chi connectivity index (χ1v) is 13.3. The van der Waals surface area contributed by atoms with Crippen LogP contribution in [0, 0.1) is 23.2 Å². The van der Waals surface area contributed by atoms with Gasteiger partial charge in [0.15, 0.2) is 0 Å². The van der Waals surface area contributed by atoms with Gasteiger partial charge in [-0.1, -0.05) is 6.08 Å². The van der Waals surface area contributed by atoms with Gasteiger partial charge in [0, 0.05) is 43.0 Å². The summed E-state index contributed by atoms with van der Waals surface area (Å²) in [6, 6.07) is 3.81. The maximum absolute atomic E-state index is 14.0. The maximum Gasteiger partial charge on any atom is 0.245 e. The first kappa shape index (κ1) is 20.7. The predicted molar refractivity (Wildman–Crippen MR) is 131 cm³/mol. The Kier molecular flexibility index (Phi) is 4.69. The molecule has 0 aromatic carbocycles. The molecule has 5 fully saturated rings. The van der Waals surface area contributed by atoms with Gasteiger partial charge in [-0.15, -0.1) is 0 Å². The summed E-state index contributed by atoms with van der Waals surface area (Å²) in [5.74, 6) is 2.72. The molecule has 0 radical (unpaired) electrons. The molecule has 4 heterocycles. The van der Waals surface area contributed by atoms with E-state index >= 15 is 0 Å². The number of pyridine rings is 1. The molecule has 6 aliphatic rings. The average Bonchev–Trinajstić information content (AvgIpc) is 3.50. The number of rotatable bonds is 3. The first-order chi connectivity index (χ1) is 16.6. The van der Waals surface area contributed by atoms with Crippen LogP contribution in [0.15, 0.2) is 30.6 Å². The fraction of sp³-hybridized carbons (Fsp3) is 0.607. The average molecular weight is 459 g/mol. The molecule has 0 spiro atoms. The van der Waals surface area contributed by atoms with E-state index in [1.54, 1.807) is 6.20 Å². The SMILES string of the molecule is O=C(C1CCCN1C(=O)C12CC3CC(CC(C3)C1)C2)N1CC=C(c2c[nH]c3ncccc23)CC1. The van der Waals surface area contributed by atoms with Crippen molar-refractivity contribution in [3.05, 3.63) is 36.2 Å². The smallest absolute Gasteiger partial charge is 0.245 e. The number of carbonyl (C=O) groups excluding carboxylic acids is 2. The van der Waals surface area contributed by atoms with Crippen molar-refractivity contribution >= 4 is 28.4 Å². The summed E-state index contributed by atoms with van der Waals surface area (Å²) in [6.07, 6.45) is 15.9. The van der Waals surface area contributed by atoms with E-state index in [9.17, 15) is 9.59 Å². The highest BCUT2D eigenvalue weighted by molar-refractivity contribution is 5.93. The lowest BCUT2D eigenvalue weighted by Gasteiger charge is -2.56. The molecular formula is C28H34N4O2. The van der Waals surface area contributed by atoms with Crippen LogP contribution in [0.5, 0.6) is 0 Å². The minimum absolute atomic E-state index is 0.157. The Labute approximate surface area is 200 Å². The number of aromatic nitrogens is 2. The number of nitrogens with zero attached hydrogens (tertiary/aromatic N) is 3. The van der Waals surface area contributed by atoms with E-state index in [4.69, 9.17) is 0 Å². The molecule has 2 aliphatic heterocycles. The number of carbonyl (C=O) groups is 2. The Balaban J connectivity index is 1.07. The van der Waals surface area contributed by atoms with Crippen molar-refractivity contribution in [3.63, 3.8) is 0 Å². The van der Waals surface area contributed by atoms with Gasteiger partial charge in [-0.05, 0) is 93.2 Å². The molecule has 178 valence electrons. The van der Waals surface area contributed by atoms with Gasteiger partial charge < -0.3 is 14.8 Å². The van der Waals surface area contributed by atoms with Gasteiger partial charge in [-0.25, -0.2) is 4.98 Å². The highest BCUT2D eigenvalue weighted by atomic mass is 16.2. The molecule has 6 nitrogen and oxygen atoms in total. The van der Waals surface area contributed by atoms with Crippen LogP contribution in [0.1, 0.15) is 63.4 Å². The molecule has 1 atom stereocenters. The van der Waals surface area contributed by atoms with Crippen molar-refractivity contribution in [3.8, 4) is 0 Å². The number of amides is 2. The second-order valence-electron chi connectivity index (χ2n) is 11.7. The molecule has 2 aromatic rings. The standard InChI is InChI=1S/C28H34N4O2/c33-26(31-9-5-21(6-10-31)23-17-30-25-22(23)3-1-7-29-25)24-4-2-8-32(24)27(34)28-14-18-11-19(15-28)13-20(12-18)16-28/h1,3,5,7,17-20,24H,2,4,6,8-16H2,(H,29,30). The zero-order valence-electron chi connectivity index (χ0n) is 19.8. The van der Waals surface area contributed by atoms with E-state index in [0.29, 0.717) is 19.0 Å². The predicted octanol–water partition coefficient (Wildman–Crippen LogP) is 4.39. The number of fused-ring (bicyclic) bond motifs is 1. The van der Waals surface area contributed by atoms with Crippen LogP contribution in [0.3, 0.4) is 0 Å². The molecule has 4 saturated carbocycles. The highest BCUT2D eigenvalue weighted by Crippen LogP contribution is 2.60. The third-order valence-corrected chi connectivity index (χ3v) is 9.61. The second-order valence-corrected chi connectivity index (χ2v) is 11.7. The van der Waals surface area contributed by atoms with Gasteiger partial charge in [-0.2, -0.15) is 0 Å². The summed E-state index contributed by atoms with van der Waals surface area (Å²) in [5, 5.41) is 1.14. The van der Waals surface area contributed by atoms with Crippen molar-refractivity contribution in [1.82, 2.24) is 19.8 Å². The van der Waals surface area contributed by atoms with Gasteiger partial charge in [0.05, 0.1) is 5.41 Å². The molecule has 1 unspecified atom stereocenters. The van der Waals surface area contributed by atoms with E-state index in [1.807, 2.05) is 22.1 Å². The summed E-state index contributed by atoms with van der Waals surface area (Å²) >= 11 is 0. The van der Waals surface area contributed by atoms with E-state index in [-0.39, 0.29) is 17.4 Å². The Morgan fingerprint density at radius 3 is 2.53 bits per heavy atom. The third-order valence-electron chi connectivity index (χ3n) is 9.61. The van der Waals surface area contributed by atoms with Gasteiger partial charge in [0.2, 0.25) is 11.8 Å². The van der Waals surface area contributed by atoms with Gasteiger partial charge in [0.25, 0.3) is 0 Å². The minimum Gasteiger partial charge on any atom is -0.346 e. The normalized spacial score (nSPS) is 34.6. The molecule has 4 bridgehead atoms. The fourth-order valence-electron chi connectivity index (χ4n) is 8.49. The number of H-pyrrole nitrogens is 1. The van der Waals surface area contributed by atoms with E-state index in [1.165, 1.54) is 30.4 Å². The molecule has 2 aromatic heterocycles. The summed E-state index contributed by atoms with van der Waals surface area (Å²) in [5.41, 5.74) is 3.21. The summed E-state index contributed by atoms with van der Waals surface area (Å²) in [6.45, 7) is 2.10. The number of nitrogens with one attached hydrogen (secondary N) is 1. The largest absolute Gasteiger partial charge is 0.346 e. The molecule has 8 rings (SSSR count). The molecule has 6 heteroatoms. The Morgan fingerprint density at radius 2 is 1.82 bits per heavy atom. The van der Waals surface area contributed by atoms with Crippen LogP contribution in [-0.2, 0) is 9.59 Å². The molecule has 1 saturated heterocycles. The van der Waals surface area contributed by atoms with Crippen molar-refractivity contribution in [1.29, 1.82) is 0 Å². The maximum atomic E-state index is 14.0. The topological polar surface area (TPSA) is 69.3 Å². The van der Waals surface area contributed by atoms with Crippen molar-refractivity contribution in [2.45, 2.75) is 63.8 Å². The monoisotopic (exact) mass is 458 g/mol. The Hall–Kier alpha value is -2.63. The van der Waals surface area contributed by atoms with Crippen LogP contribution in [0.25, 0.3) is 16.6 Å². The number of hydrogen-bond donors (Lipinski definition) is 1. The summed E-state index contributed by atoms with van der Waals surface area (Å²) in [7, 11) is 0. The van der Waals surface area contributed by atoms with E-state index in [2.05, 4.69) is 22.1 Å². The number of hydrogen-bond acceptors (Lipinski definition) is 3. The van der Waals surface area contributed by atoms with E-state index in [0.717, 1.165) is 73.9 Å². The van der Waals surface area contributed by atoms with Gasteiger partial charge in [-0.3, -0.25) is 9.59 Å². The minimum atomic E-state index is -0.257. The van der Waals surface area contributed by atoms with Crippen molar-refractivity contribution < 1.29 is 9.59 Å². The molecule has 34 heavy (non-hydrogen) atoms. The summed E-state index contributed by atoms with van der Waals surface area (Å²) in [4.78, 5) is 39.2. The lowest BCUT2D eigenvalue weighted by molar-refractivity contribution is -0.162. The van der Waals surface area contributed by atoms with Gasteiger partial charge in [0.1, 0.15) is 11.7 Å². The van der Waals surface area contributed by atoms with Crippen molar-refractivity contribution in [2.24, 2.45) is 23.2 Å².